The van der Waals surface area contributed by atoms with E-state index in [1.54, 1.807) is 14.2 Å². The molecule has 0 aliphatic carbocycles. The lowest BCUT2D eigenvalue weighted by molar-refractivity contribution is -0.119. The molecular weight excluding hydrogens is 204 g/mol. The molecule has 1 aliphatic rings. The minimum atomic E-state index is -0.136. The highest BCUT2D eigenvalue weighted by Gasteiger charge is 2.27. The van der Waals surface area contributed by atoms with Gasteiger partial charge < -0.3 is 15.2 Å². The second-order valence-electron chi connectivity index (χ2n) is 4.61. The van der Waals surface area contributed by atoms with E-state index in [2.05, 4.69) is 11.8 Å². The maximum absolute atomic E-state index is 5.87. The molecule has 1 saturated heterocycles. The first-order chi connectivity index (χ1) is 7.72. The van der Waals surface area contributed by atoms with Crippen molar-refractivity contribution in [2.24, 2.45) is 5.73 Å². The van der Waals surface area contributed by atoms with Gasteiger partial charge in [-0.25, -0.2) is 0 Å². The van der Waals surface area contributed by atoms with Crippen LogP contribution in [0.4, 0.5) is 0 Å². The number of likely N-dealkylation sites (tertiary alicyclic amines) is 1. The Bertz CT molecular complexity index is 186. The number of nitrogens with two attached hydrogens (primary N) is 1. The van der Waals surface area contributed by atoms with Crippen LogP contribution in [0.15, 0.2) is 0 Å². The number of hydrogen-bond acceptors (Lipinski definition) is 4. The first kappa shape index (κ1) is 13.9. The summed E-state index contributed by atoms with van der Waals surface area (Å²) in [4.78, 5) is 2.51. The zero-order valence-corrected chi connectivity index (χ0v) is 10.8. The van der Waals surface area contributed by atoms with E-state index in [1.165, 1.54) is 19.3 Å². The van der Waals surface area contributed by atoms with E-state index in [4.69, 9.17) is 15.2 Å². The Morgan fingerprint density at radius 3 is 2.50 bits per heavy atom. The second kappa shape index (κ2) is 7.22. The molecule has 0 spiro atoms. The maximum Gasteiger partial charge on any atom is 0.158 e. The highest BCUT2D eigenvalue weighted by Crippen LogP contribution is 2.21. The fourth-order valence-electron chi connectivity index (χ4n) is 2.54. The Kier molecular flexibility index (Phi) is 6.28. The molecule has 1 fully saturated rings. The fourth-order valence-corrected chi connectivity index (χ4v) is 2.54. The van der Waals surface area contributed by atoms with Crippen LogP contribution in [0.1, 0.15) is 32.6 Å². The normalized spacial score (nSPS) is 24.9. The summed E-state index contributed by atoms with van der Waals surface area (Å²) in [5.74, 6) is 0. The Balaban J connectivity index is 2.51. The summed E-state index contributed by atoms with van der Waals surface area (Å²) in [5.41, 5.74) is 5.87. The van der Waals surface area contributed by atoms with E-state index in [0.717, 1.165) is 13.0 Å². The molecule has 96 valence electrons. The summed E-state index contributed by atoms with van der Waals surface area (Å²) in [6, 6.07) is 1.01. The van der Waals surface area contributed by atoms with E-state index >= 15 is 0 Å². The molecule has 0 bridgehead atoms. The fraction of sp³-hybridized carbons (Fsp3) is 1.00. The van der Waals surface area contributed by atoms with E-state index < -0.39 is 0 Å². The van der Waals surface area contributed by atoms with Crippen molar-refractivity contribution in [1.29, 1.82) is 0 Å². The van der Waals surface area contributed by atoms with Crippen LogP contribution in [-0.2, 0) is 9.47 Å². The van der Waals surface area contributed by atoms with Gasteiger partial charge in [0.1, 0.15) is 0 Å². The van der Waals surface area contributed by atoms with Crippen LogP contribution in [0.25, 0.3) is 0 Å². The monoisotopic (exact) mass is 230 g/mol. The summed E-state index contributed by atoms with van der Waals surface area (Å²) in [6.45, 7) is 4.12. The summed E-state index contributed by atoms with van der Waals surface area (Å²) in [6.07, 6.45) is 4.62. The number of methoxy groups -OCH3 is 2. The second-order valence-corrected chi connectivity index (χ2v) is 4.61. The van der Waals surface area contributed by atoms with Crippen LogP contribution in [0.3, 0.4) is 0 Å². The van der Waals surface area contributed by atoms with Gasteiger partial charge in [0.25, 0.3) is 0 Å². The summed E-state index contributed by atoms with van der Waals surface area (Å²) in [5, 5.41) is 0. The van der Waals surface area contributed by atoms with E-state index in [1.807, 2.05) is 0 Å². The predicted octanol–water partition coefficient (Wildman–Crippen LogP) is 1.20. The van der Waals surface area contributed by atoms with Crippen molar-refractivity contribution >= 4 is 0 Å². The van der Waals surface area contributed by atoms with Crippen LogP contribution in [0, 0.1) is 0 Å². The molecule has 0 aromatic heterocycles. The quantitative estimate of drug-likeness (QED) is 0.697. The Morgan fingerprint density at radius 1 is 1.31 bits per heavy atom. The molecule has 0 aromatic carbocycles. The maximum atomic E-state index is 5.87. The highest BCUT2D eigenvalue weighted by molar-refractivity contribution is 4.81. The van der Waals surface area contributed by atoms with Gasteiger partial charge in [-0.05, 0) is 26.3 Å². The lowest BCUT2D eigenvalue weighted by Crippen LogP contribution is -2.49. The van der Waals surface area contributed by atoms with Gasteiger partial charge in [0.05, 0.1) is 0 Å². The van der Waals surface area contributed by atoms with Crippen molar-refractivity contribution in [3.63, 3.8) is 0 Å². The topological polar surface area (TPSA) is 47.7 Å². The van der Waals surface area contributed by atoms with Crippen LogP contribution in [0.5, 0.6) is 0 Å². The minimum absolute atomic E-state index is 0.136. The molecule has 2 unspecified atom stereocenters. The predicted molar refractivity (Wildman–Crippen MR) is 65.3 cm³/mol. The van der Waals surface area contributed by atoms with Gasteiger partial charge in [0.15, 0.2) is 6.29 Å². The molecule has 0 saturated carbocycles. The highest BCUT2D eigenvalue weighted by atomic mass is 16.7. The lowest BCUT2D eigenvalue weighted by Gasteiger charge is -2.40. The minimum Gasteiger partial charge on any atom is -0.356 e. The SMILES string of the molecule is COC(CC(CN)N1CCCCC1C)OC. The Labute approximate surface area is 99.1 Å². The van der Waals surface area contributed by atoms with E-state index in [-0.39, 0.29) is 6.29 Å². The van der Waals surface area contributed by atoms with E-state index in [9.17, 15) is 0 Å². The molecule has 0 radical (unpaired) electrons. The van der Waals surface area contributed by atoms with Crippen LogP contribution in [0.2, 0.25) is 0 Å². The number of ether oxygens (including phenoxy) is 2. The van der Waals surface area contributed by atoms with Gasteiger partial charge in [-0.15, -0.1) is 0 Å². The van der Waals surface area contributed by atoms with Gasteiger partial charge >= 0.3 is 0 Å². The Morgan fingerprint density at radius 2 is 2.00 bits per heavy atom. The molecule has 1 aliphatic heterocycles. The van der Waals surface area contributed by atoms with Gasteiger partial charge in [-0.3, -0.25) is 4.90 Å². The number of piperidine rings is 1. The van der Waals surface area contributed by atoms with Crippen molar-refractivity contribution in [3.8, 4) is 0 Å². The molecule has 1 rings (SSSR count). The van der Waals surface area contributed by atoms with Gasteiger partial charge in [0, 0.05) is 39.3 Å². The average molecular weight is 230 g/mol. The standard InChI is InChI=1S/C12H26N2O2/c1-10-6-4-5-7-14(10)11(9-13)8-12(15-2)16-3/h10-12H,4-9,13H2,1-3H3. The molecule has 4 nitrogen and oxygen atoms in total. The molecule has 0 aromatic rings. The Hall–Kier alpha value is -0.160. The van der Waals surface area contributed by atoms with Crippen molar-refractivity contribution in [1.82, 2.24) is 4.90 Å². The summed E-state index contributed by atoms with van der Waals surface area (Å²) < 4.78 is 10.5. The van der Waals surface area contributed by atoms with Crippen LogP contribution >= 0.6 is 0 Å². The third kappa shape index (κ3) is 3.70. The third-order valence-corrected chi connectivity index (χ3v) is 3.59. The molecule has 4 heteroatoms. The zero-order valence-electron chi connectivity index (χ0n) is 10.8. The smallest absolute Gasteiger partial charge is 0.158 e. The summed E-state index contributed by atoms with van der Waals surface area (Å²) >= 11 is 0. The van der Waals surface area contributed by atoms with Crippen LogP contribution < -0.4 is 5.73 Å². The van der Waals surface area contributed by atoms with Crippen molar-refractivity contribution in [2.75, 3.05) is 27.3 Å². The van der Waals surface area contributed by atoms with Gasteiger partial charge in [-0.2, -0.15) is 0 Å². The zero-order chi connectivity index (χ0) is 12.0. The number of rotatable bonds is 6. The van der Waals surface area contributed by atoms with Gasteiger partial charge in [0.2, 0.25) is 0 Å². The molecule has 2 N–H and O–H groups in total. The first-order valence-corrected chi connectivity index (χ1v) is 6.24. The molecular formula is C12H26N2O2. The third-order valence-electron chi connectivity index (χ3n) is 3.59. The molecule has 2 atom stereocenters. The first-order valence-electron chi connectivity index (χ1n) is 6.24. The lowest BCUT2D eigenvalue weighted by atomic mass is 9.99. The molecule has 1 heterocycles. The average Bonchev–Trinajstić information content (AvgIpc) is 2.32. The molecule has 0 amide bonds. The van der Waals surface area contributed by atoms with Crippen molar-refractivity contribution in [2.45, 2.75) is 51.0 Å². The van der Waals surface area contributed by atoms with Crippen molar-refractivity contribution in [3.05, 3.63) is 0 Å². The van der Waals surface area contributed by atoms with E-state index in [0.29, 0.717) is 18.6 Å². The molecule has 16 heavy (non-hydrogen) atoms. The number of nitrogens with zero attached hydrogens (tertiary/aromatic N) is 1. The van der Waals surface area contributed by atoms with Crippen molar-refractivity contribution < 1.29 is 9.47 Å². The summed E-state index contributed by atoms with van der Waals surface area (Å²) in [7, 11) is 3.36. The van der Waals surface area contributed by atoms with Gasteiger partial charge in [-0.1, -0.05) is 6.42 Å². The largest absolute Gasteiger partial charge is 0.356 e. The number of hydrogen-bond donors (Lipinski definition) is 1. The van der Waals surface area contributed by atoms with Crippen LogP contribution in [-0.4, -0.2) is 50.6 Å².